The van der Waals surface area contributed by atoms with Gasteiger partial charge in [-0.1, -0.05) is 25.7 Å². The first-order valence-corrected chi connectivity index (χ1v) is 7.89. The molecule has 0 aromatic carbocycles. The van der Waals surface area contributed by atoms with Gasteiger partial charge in [0.25, 0.3) is 0 Å². The maximum atomic E-state index is 11.8. The average molecular weight is 305 g/mol. The molecule has 2 rings (SSSR count). The Morgan fingerprint density at radius 3 is 2.45 bits per heavy atom. The summed E-state index contributed by atoms with van der Waals surface area (Å²) in [6, 6.07) is 0.217. The second-order valence-corrected chi connectivity index (χ2v) is 6.04. The van der Waals surface area contributed by atoms with Gasteiger partial charge in [-0.25, -0.2) is 0 Å². The van der Waals surface area contributed by atoms with Crippen LogP contribution in [0, 0.1) is 5.92 Å². The minimum Gasteiger partial charge on any atom is -0.376 e. The molecule has 0 bridgehead atoms. The van der Waals surface area contributed by atoms with Crippen molar-refractivity contribution in [2.24, 2.45) is 11.7 Å². The Balaban J connectivity index is 0.00000200. The lowest BCUT2D eigenvalue weighted by atomic mass is 9.83. The summed E-state index contributed by atoms with van der Waals surface area (Å²) in [7, 11) is 0. The van der Waals surface area contributed by atoms with Crippen LogP contribution < -0.4 is 11.1 Å². The number of nitrogens with two attached hydrogens (primary N) is 1. The van der Waals surface area contributed by atoms with Gasteiger partial charge in [0.2, 0.25) is 5.91 Å². The third-order valence-corrected chi connectivity index (χ3v) is 4.50. The molecule has 0 saturated heterocycles. The van der Waals surface area contributed by atoms with Crippen LogP contribution in [0.2, 0.25) is 0 Å². The second kappa shape index (κ2) is 9.59. The van der Waals surface area contributed by atoms with Gasteiger partial charge in [-0.2, -0.15) is 0 Å². The topological polar surface area (TPSA) is 64.4 Å². The summed E-state index contributed by atoms with van der Waals surface area (Å²) in [6.45, 7) is 1.28. The lowest BCUT2D eigenvalue weighted by Crippen LogP contribution is -2.37. The number of carbonyl (C=O) groups is 1. The van der Waals surface area contributed by atoms with E-state index in [0.717, 1.165) is 12.8 Å². The van der Waals surface area contributed by atoms with E-state index in [1.165, 1.54) is 38.5 Å². The summed E-state index contributed by atoms with van der Waals surface area (Å²) in [5.41, 5.74) is 6.06. The first-order chi connectivity index (χ1) is 9.25. The van der Waals surface area contributed by atoms with Crippen LogP contribution in [0.3, 0.4) is 0 Å². The molecule has 2 aliphatic rings. The molecule has 0 spiro atoms. The normalized spacial score (nSPS) is 27.1. The number of amides is 1. The van der Waals surface area contributed by atoms with Crippen LogP contribution in [0.1, 0.15) is 57.8 Å². The van der Waals surface area contributed by atoms with E-state index in [0.29, 0.717) is 31.6 Å². The zero-order valence-corrected chi connectivity index (χ0v) is 13.1. The fraction of sp³-hybridized carbons (Fsp3) is 0.933. The van der Waals surface area contributed by atoms with E-state index in [9.17, 15) is 4.79 Å². The number of rotatable bonds is 6. The predicted molar refractivity (Wildman–Crippen MR) is 83.0 cm³/mol. The largest absolute Gasteiger partial charge is 0.376 e. The molecule has 2 fully saturated rings. The molecule has 3 N–H and O–H groups in total. The maximum Gasteiger partial charge on any atom is 0.220 e. The lowest BCUT2D eigenvalue weighted by Gasteiger charge is -2.27. The highest BCUT2D eigenvalue weighted by atomic mass is 35.5. The minimum absolute atomic E-state index is 0. The van der Waals surface area contributed by atoms with E-state index < -0.39 is 0 Å². The van der Waals surface area contributed by atoms with Crippen molar-refractivity contribution in [3.63, 3.8) is 0 Å². The molecule has 0 aromatic rings. The number of halogens is 1. The Morgan fingerprint density at radius 1 is 1.10 bits per heavy atom. The molecular formula is C15H29ClN2O2. The standard InChI is InChI=1S/C15H28N2O2.ClH/c16-14-8-4-1-5-12(14)11-15(18)17-9-10-19-13-6-2-3-7-13;/h12-14H,1-11,16H2,(H,17,18);1H. The van der Waals surface area contributed by atoms with Crippen LogP contribution in [-0.2, 0) is 9.53 Å². The monoisotopic (exact) mass is 304 g/mol. The quantitative estimate of drug-likeness (QED) is 0.741. The van der Waals surface area contributed by atoms with E-state index in [1.807, 2.05) is 0 Å². The molecule has 2 atom stereocenters. The van der Waals surface area contributed by atoms with Gasteiger partial charge < -0.3 is 15.8 Å². The summed E-state index contributed by atoms with van der Waals surface area (Å²) in [5, 5.41) is 2.95. The summed E-state index contributed by atoms with van der Waals surface area (Å²) in [4.78, 5) is 11.8. The molecular weight excluding hydrogens is 276 g/mol. The van der Waals surface area contributed by atoms with Crippen LogP contribution in [0.25, 0.3) is 0 Å². The lowest BCUT2D eigenvalue weighted by molar-refractivity contribution is -0.122. The summed E-state index contributed by atoms with van der Waals surface area (Å²) >= 11 is 0. The Kier molecular flexibility index (Phi) is 8.50. The fourth-order valence-electron chi connectivity index (χ4n) is 3.27. The molecule has 0 heterocycles. The van der Waals surface area contributed by atoms with Crippen molar-refractivity contribution in [2.45, 2.75) is 69.9 Å². The van der Waals surface area contributed by atoms with E-state index in [-0.39, 0.29) is 24.4 Å². The molecule has 4 nitrogen and oxygen atoms in total. The fourth-order valence-corrected chi connectivity index (χ4v) is 3.27. The minimum atomic E-state index is 0. The van der Waals surface area contributed by atoms with E-state index >= 15 is 0 Å². The number of ether oxygens (including phenoxy) is 1. The molecule has 2 saturated carbocycles. The van der Waals surface area contributed by atoms with E-state index in [2.05, 4.69) is 5.32 Å². The SMILES string of the molecule is Cl.NC1CCCCC1CC(=O)NCCOC1CCCC1. The Morgan fingerprint density at radius 2 is 1.75 bits per heavy atom. The summed E-state index contributed by atoms with van der Waals surface area (Å²) < 4.78 is 5.73. The van der Waals surface area contributed by atoms with Gasteiger partial charge in [0.1, 0.15) is 0 Å². The molecule has 0 aromatic heterocycles. The van der Waals surface area contributed by atoms with Gasteiger partial charge in [-0.3, -0.25) is 4.79 Å². The Labute approximate surface area is 128 Å². The highest BCUT2D eigenvalue weighted by Crippen LogP contribution is 2.25. The molecule has 2 unspecified atom stereocenters. The Bertz CT molecular complexity index is 283. The second-order valence-electron chi connectivity index (χ2n) is 6.04. The smallest absolute Gasteiger partial charge is 0.220 e. The third kappa shape index (κ3) is 5.98. The molecule has 20 heavy (non-hydrogen) atoms. The van der Waals surface area contributed by atoms with Crippen molar-refractivity contribution in [3.8, 4) is 0 Å². The highest BCUT2D eigenvalue weighted by Gasteiger charge is 2.24. The molecule has 2 aliphatic carbocycles. The van der Waals surface area contributed by atoms with E-state index in [1.54, 1.807) is 0 Å². The van der Waals surface area contributed by atoms with Crippen molar-refractivity contribution < 1.29 is 9.53 Å². The summed E-state index contributed by atoms with van der Waals surface area (Å²) in [6.07, 6.45) is 10.6. The van der Waals surface area contributed by atoms with Crippen molar-refractivity contribution in [2.75, 3.05) is 13.2 Å². The third-order valence-electron chi connectivity index (χ3n) is 4.50. The van der Waals surface area contributed by atoms with Crippen molar-refractivity contribution >= 4 is 18.3 Å². The van der Waals surface area contributed by atoms with Gasteiger partial charge in [-0.15, -0.1) is 12.4 Å². The van der Waals surface area contributed by atoms with Crippen LogP contribution in [-0.4, -0.2) is 31.2 Å². The first kappa shape index (κ1) is 17.7. The maximum absolute atomic E-state index is 11.8. The Hall–Kier alpha value is -0.320. The zero-order chi connectivity index (χ0) is 13.5. The zero-order valence-electron chi connectivity index (χ0n) is 12.3. The van der Waals surface area contributed by atoms with E-state index in [4.69, 9.17) is 10.5 Å². The van der Waals surface area contributed by atoms with Gasteiger partial charge >= 0.3 is 0 Å². The van der Waals surface area contributed by atoms with Crippen LogP contribution >= 0.6 is 12.4 Å². The van der Waals surface area contributed by atoms with Gasteiger partial charge in [0, 0.05) is 19.0 Å². The van der Waals surface area contributed by atoms with Crippen molar-refractivity contribution in [1.29, 1.82) is 0 Å². The molecule has 118 valence electrons. The molecule has 5 heteroatoms. The highest BCUT2D eigenvalue weighted by molar-refractivity contribution is 5.85. The van der Waals surface area contributed by atoms with Gasteiger partial charge in [0.15, 0.2) is 0 Å². The molecule has 0 aliphatic heterocycles. The number of hydrogen-bond donors (Lipinski definition) is 2. The van der Waals surface area contributed by atoms with Gasteiger partial charge in [-0.05, 0) is 31.6 Å². The van der Waals surface area contributed by atoms with Crippen molar-refractivity contribution in [1.82, 2.24) is 5.32 Å². The number of nitrogens with one attached hydrogen (secondary N) is 1. The van der Waals surface area contributed by atoms with Crippen LogP contribution in [0.4, 0.5) is 0 Å². The van der Waals surface area contributed by atoms with Crippen LogP contribution in [0.5, 0.6) is 0 Å². The molecule has 0 radical (unpaired) electrons. The van der Waals surface area contributed by atoms with Crippen molar-refractivity contribution in [3.05, 3.63) is 0 Å². The first-order valence-electron chi connectivity index (χ1n) is 7.89. The van der Waals surface area contributed by atoms with Gasteiger partial charge in [0.05, 0.1) is 12.7 Å². The number of carbonyl (C=O) groups excluding carboxylic acids is 1. The molecule has 1 amide bonds. The predicted octanol–water partition coefficient (Wildman–Crippen LogP) is 2.39. The summed E-state index contributed by atoms with van der Waals surface area (Å²) in [5.74, 6) is 0.516. The number of hydrogen-bond acceptors (Lipinski definition) is 3. The average Bonchev–Trinajstić information content (AvgIpc) is 2.91. The van der Waals surface area contributed by atoms with Crippen LogP contribution in [0.15, 0.2) is 0 Å².